The summed E-state index contributed by atoms with van der Waals surface area (Å²) in [6, 6.07) is 3.99. The van der Waals surface area contributed by atoms with E-state index in [-0.39, 0.29) is 11.1 Å². The third-order valence-electron chi connectivity index (χ3n) is 7.97. The van der Waals surface area contributed by atoms with Crippen molar-refractivity contribution in [1.82, 2.24) is 4.57 Å². The Balaban J connectivity index is 1.83. The summed E-state index contributed by atoms with van der Waals surface area (Å²) in [5.74, 6) is 0.377. The van der Waals surface area contributed by atoms with Gasteiger partial charge in [-0.25, -0.2) is 0 Å². The van der Waals surface area contributed by atoms with Crippen LogP contribution in [-0.4, -0.2) is 4.57 Å². The molecule has 0 amide bonds. The molecule has 5 heteroatoms. The summed E-state index contributed by atoms with van der Waals surface area (Å²) < 4.78 is 3.54. The number of thiophene rings is 2. The zero-order chi connectivity index (χ0) is 28.0. The lowest BCUT2D eigenvalue weighted by Gasteiger charge is -2.17. The largest absolute Gasteiger partial charge is 0.274 e. The van der Waals surface area contributed by atoms with Crippen LogP contribution in [0.2, 0.25) is 0 Å². The van der Waals surface area contributed by atoms with E-state index in [1.807, 2.05) is 25.1 Å². The number of unbranched alkanes of at least 4 members (excludes halogenated alkanes) is 12. The first-order valence-electron chi connectivity index (χ1n) is 15.7. The highest BCUT2D eigenvalue weighted by molar-refractivity contribution is 7.27. The van der Waals surface area contributed by atoms with Crippen molar-refractivity contribution in [2.75, 3.05) is 0 Å². The summed E-state index contributed by atoms with van der Waals surface area (Å²) in [6.07, 6.45) is 24.4. The second kappa shape index (κ2) is 17.2. The molecule has 0 spiro atoms. The van der Waals surface area contributed by atoms with Crippen LogP contribution >= 0.6 is 22.7 Å². The molecule has 0 N–H and O–H groups in total. The molecule has 0 saturated heterocycles. The van der Waals surface area contributed by atoms with Crippen molar-refractivity contribution >= 4 is 48.9 Å². The molecule has 3 aromatic rings. The van der Waals surface area contributed by atoms with Crippen LogP contribution in [0.3, 0.4) is 0 Å². The predicted molar refractivity (Wildman–Crippen MR) is 176 cm³/mol. The summed E-state index contributed by atoms with van der Waals surface area (Å²) >= 11 is 3.27. The van der Waals surface area contributed by atoms with Gasteiger partial charge in [-0.1, -0.05) is 110 Å². The topological polar surface area (TPSA) is 39.1 Å². The van der Waals surface area contributed by atoms with Crippen LogP contribution in [0.4, 0.5) is 0 Å². The highest BCUT2D eigenvalue weighted by Gasteiger charge is 2.18. The zero-order valence-electron chi connectivity index (χ0n) is 25.0. The summed E-state index contributed by atoms with van der Waals surface area (Å²) in [6.45, 7) is 9.13. The number of rotatable bonds is 19. The van der Waals surface area contributed by atoms with E-state index in [9.17, 15) is 9.59 Å². The van der Waals surface area contributed by atoms with Gasteiger partial charge in [0, 0.05) is 16.3 Å². The van der Waals surface area contributed by atoms with Crippen LogP contribution in [0.5, 0.6) is 0 Å². The Morgan fingerprint density at radius 3 is 1.74 bits per heavy atom. The minimum absolute atomic E-state index is 0.0980. The van der Waals surface area contributed by atoms with Gasteiger partial charge in [0.1, 0.15) is 0 Å². The number of nitrogens with zero attached hydrogens (tertiary/aromatic N) is 1. The molecular weight excluding hydrogens is 519 g/mol. The Kier molecular flexibility index (Phi) is 14.0. The molecule has 216 valence electrons. The van der Waals surface area contributed by atoms with Crippen LogP contribution < -0.4 is 11.1 Å². The monoisotopic (exact) mass is 569 g/mol. The van der Waals surface area contributed by atoms with Crippen LogP contribution in [0.15, 0.2) is 27.8 Å². The highest BCUT2D eigenvalue weighted by atomic mass is 32.1. The fraction of sp³-hybridized carbons (Fsp3) is 0.647. The van der Waals surface area contributed by atoms with Gasteiger partial charge < -0.3 is 0 Å². The van der Waals surface area contributed by atoms with Crippen molar-refractivity contribution < 1.29 is 0 Å². The van der Waals surface area contributed by atoms with E-state index < -0.39 is 0 Å². The third-order valence-corrected chi connectivity index (χ3v) is 10.3. The number of allylic oxidation sites excluding steroid dienone is 1. The molecule has 3 nitrogen and oxygen atoms in total. The Bertz CT molecular complexity index is 1300. The number of aromatic nitrogens is 1. The summed E-state index contributed by atoms with van der Waals surface area (Å²) in [4.78, 5) is 29.9. The lowest BCUT2D eigenvalue weighted by molar-refractivity contribution is 0.351. The minimum atomic E-state index is -0.105. The van der Waals surface area contributed by atoms with Crippen molar-refractivity contribution in [3.63, 3.8) is 0 Å². The van der Waals surface area contributed by atoms with E-state index >= 15 is 0 Å². The standard InChI is InChI=1S/C34H51NO2S2/c1-5-8-10-12-14-15-17-19-22-27(21-18-16-13-11-9-6-2)25-35-33(36)29-23-26(4)38-31(29)32-30(34(35)37)24-28(39-32)20-7-3/h7,20,23-24,27H,5-6,8-19,21-22,25H2,1-4H3/b20-7+. The lowest BCUT2D eigenvalue weighted by atomic mass is 9.93. The molecule has 39 heavy (non-hydrogen) atoms. The molecule has 1 unspecified atom stereocenters. The van der Waals surface area contributed by atoms with Crippen LogP contribution in [0.25, 0.3) is 26.2 Å². The number of aryl methyl sites for hydroxylation is 1. The fourth-order valence-corrected chi connectivity index (χ4v) is 8.02. The maximum atomic E-state index is 13.9. The van der Waals surface area contributed by atoms with Crippen molar-refractivity contribution in [1.29, 1.82) is 0 Å². The number of hydrogen-bond acceptors (Lipinski definition) is 4. The van der Waals surface area contributed by atoms with E-state index in [0.717, 1.165) is 32.0 Å². The second-order valence-corrected chi connectivity index (χ2v) is 13.7. The van der Waals surface area contributed by atoms with Gasteiger partial charge in [0.2, 0.25) is 0 Å². The molecule has 3 rings (SSSR count). The minimum Gasteiger partial charge on any atom is -0.274 e. The van der Waals surface area contributed by atoms with Crippen molar-refractivity contribution in [3.05, 3.63) is 48.7 Å². The molecule has 0 fully saturated rings. The van der Waals surface area contributed by atoms with Crippen molar-refractivity contribution in [2.45, 2.75) is 137 Å². The molecule has 3 aromatic heterocycles. The Hall–Kier alpha value is -1.72. The van der Waals surface area contributed by atoms with Gasteiger partial charge in [-0.2, -0.15) is 0 Å². The Morgan fingerprint density at radius 2 is 1.21 bits per heavy atom. The first-order chi connectivity index (χ1) is 19.0. The van der Waals surface area contributed by atoms with E-state index in [1.165, 1.54) is 89.9 Å². The van der Waals surface area contributed by atoms with Gasteiger partial charge in [-0.15, -0.1) is 22.7 Å². The molecule has 0 aliphatic rings. The van der Waals surface area contributed by atoms with E-state index in [4.69, 9.17) is 0 Å². The number of hydrogen-bond donors (Lipinski definition) is 0. The van der Waals surface area contributed by atoms with Crippen LogP contribution in [0, 0.1) is 12.8 Å². The molecule has 3 heterocycles. The average molecular weight is 570 g/mol. The maximum absolute atomic E-state index is 13.9. The van der Waals surface area contributed by atoms with E-state index in [0.29, 0.717) is 23.2 Å². The Labute approximate surface area is 244 Å². The van der Waals surface area contributed by atoms with E-state index in [1.54, 1.807) is 27.2 Å². The third kappa shape index (κ3) is 9.42. The molecule has 1 atom stereocenters. The molecule has 0 aliphatic heterocycles. The summed E-state index contributed by atoms with van der Waals surface area (Å²) in [7, 11) is 0. The molecule has 0 aromatic carbocycles. The number of fused-ring (bicyclic) bond motifs is 3. The smallest absolute Gasteiger partial charge is 0.262 e. The van der Waals surface area contributed by atoms with Gasteiger partial charge in [0.25, 0.3) is 11.1 Å². The molecule has 0 bridgehead atoms. The summed E-state index contributed by atoms with van der Waals surface area (Å²) in [5.41, 5.74) is -0.203. The quantitative estimate of drug-likeness (QED) is 0.135. The average Bonchev–Trinajstić information content (AvgIpc) is 3.51. The Morgan fingerprint density at radius 1 is 0.718 bits per heavy atom. The van der Waals surface area contributed by atoms with Gasteiger partial charge in [-0.05, 0) is 50.8 Å². The molecule has 0 saturated carbocycles. The fourth-order valence-electron chi connectivity index (χ4n) is 5.74. The predicted octanol–water partition coefficient (Wildman–Crippen LogP) is 10.9. The molecule has 0 radical (unpaired) electrons. The van der Waals surface area contributed by atoms with Gasteiger partial charge >= 0.3 is 0 Å². The SMILES string of the molecule is C/C=C/c1cc2c(=O)n(CC(CCCCCCCC)CCCCCCCCCC)c(=O)c3cc(C)sc3c2s1. The van der Waals surface area contributed by atoms with Crippen molar-refractivity contribution in [2.24, 2.45) is 5.92 Å². The van der Waals surface area contributed by atoms with Crippen molar-refractivity contribution in [3.8, 4) is 0 Å². The van der Waals surface area contributed by atoms with Gasteiger partial charge in [0.15, 0.2) is 0 Å². The van der Waals surface area contributed by atoms with E-state index in [2.05, 4.69) is 26.8 Å². The lowest BCUT2D eigenvalue weighted by Crippen LogP contribution is -2.33. The zero-order valence-corrected chi connectivity index (χ0v) is 26.6. The van der Waals surface area contributed by atoms with Gasteiger partial charge in [-0.3, -0.25) is 14.2 Å². The van der Waals surface area contributed by atoms with Gasteiger partial charge in [0.05, 0.1) is 20.2 Å². The molecular formula is C34H51NO2S2. The normalized spacial score (nSPS) is 12.8. The first kappa shape index (κ1) is 31.8. The van der Waals surface area contributed by atoms with Crippen LogP contribution in [-0.2, 0) is 6.54 Å². The second-order valence-electron chi connectivity index (χ2n) is 11.4. The maximum Gasteiger partial charge on any atom is 0.262 e. The first-order valence-corrected chi connectivity index (χ1v) is 17.4. The molecule has 0 aliphatic carbocycles. The highest BCUT2D eigenvalue weighted by Crippen LogP contribution is 2.34. The van der Waals surface area contributed by atoms with Crippen LogP contribution in [0.1, 0.15) is 133 Å². The summed E-state index contributed by atoms with van der Waals surface area (Å²) in [5, 5.41) is 1.41.